The largest absolute Gasteiger partial charge is 0.380 e. The van der Waals surface area contributed by atoms with Crippen LogP contribution in [0.4, 0.5) is 0 Å². The van der Waals surface area contributed by atoms with Gasteiger partial charge in [0.05, 0.1) is 0 Å². The van der Waals surface area contributed by atoms with Gasteiger partial charge in [0.25, 0.3) is 0 Å². The zero-order valence-corrected chi connectivity index (χ0v) is 14.0. The van der Waals surface area contributed by atoms with Gasteiger partial charge < -0.3 is 5.11 Å². The lowest BCUT2D eigenvalue weighted by molar-refractivity contribution is 0.0905. The van der Waals surface area contributed by atoms with Gasteiger partial charge in [-0.05, 0) is 54.7 Å². The highest BCUT2D eigenvalue weighted by molar-refractivity contribution is 5.95. The molecule has 23 heavy (non-hydrogen) atoms. The highest BCUT2D eigenvalue weighted by Gasteiger charge is 2.40. The first-order valence-corrected chi connectivity index (χ1v) is 8.17. The molecule has 0 saturated carbocycles. The van der Waals surface area contributed by atoms with Crippen LogP contribution in [0.5, 0.6) is 0 Å². The molecule has 1 heteroatoms. The maximum Gasteiger partial charge on any atom is 0.114 e. The van der Waals surface area contributed by atoms with Crippen LogP contribution in [0.25, 0.3) is 16.3 Å². The van der Waals surface area contributed by atoms with E-state index in [1.807, 2.05) is 31.2 Å². The van der Waals surface area contributed by atoms with Gasteiger partial charge in [0.1, 0.15) is 5.60 Å². The van der Waals surface area contributed by atoms with Crippen LogP contribution in [-0.4, -0.2) is 10.7 Å². The van der Waals surface area contributed by atoms with Crippen molar-refractivity contribution in [2.75, 3.05) is 0 Å². The molecule has 0 aliphatic heterocycles. The van der Waals surface area contributed by atoms with Crippen molar-refractivity contribution in [3.05, 3.63) is 78.4 Å². The average Bonchev–Trinajstić information content (AvgIpc) is 2.53. The Morgan fingerprint density at radius 1 is 1.13 bits per heavy atom. The monoisotopic (exact) mass is 304 g/mol. The number of allylic oxidation sites excluding steroid dienone is 1. The van der Waals surface area contributed by atoms with E-state index in [-0.39, 0.29) is 5.92 Å². The van der Waals surface area contributed by atoms with Crippen LogP contribution in [-0.2, 0) is 0 Å². The Morgan fingerprint density at radius 2 is 1.83 bits per heavy atom. The fourth-order valence-electron chi connectivity index (χ4n) is 3.76. The molecule has 2 aromatic carbocycles. The Bertz CT molecular complexity index is 806. The van der Waals surface area contributed by atoms with Gasteiger partial charge in [-0.15, -0.1) is 0 Å². The van der Waals surface area contributed by atoms with Crippen LogP contribution in [0.1, 0.15) is 32.3 Å². The molecule has 0 bridgehead atoms. The van der Waals surface area contributed by atoms with Gasteiger partial charge in [0, 0.05) is 5.92 Å². The van der Waals surface area contributed by atoms with E-state index in [0.29, 0.717) is 0 Å². The highest BCUT2D eigenvalue weighted by Crippen LogP contribution is 2.44. The molecule has 2 atom stereocenters. The molecule has 0 saturated heterocycles. The molecule has 0 radical (unpaired) electrons. The van der Waals surface area contributed by atoms with Crippen LogP contribution < -0.4 is 0 Å². The van der Waals surface area contributed by atoms with E-state index in [9.17, 15) is 5.11 Å². The third kappa shape index (κ3) is 2.66. The predicted molar refractivity (Wildman–Crippen MR) is 99.2 cm³/mol. The van der Waals surface area contributed by atoms with Gasteiger partial charge in [-0.1, -0.05) is 66.8 Å². The van der Waals surface area contributed by atoms with Crippen LogP contribution in [0.3, 0.4) is 0 Å². The van der Waals surface area contributed by atoms with Crippen LogP contribution in [0.2, 0.25) is 0 Å². The summed E-state index contributed by atoms with van der Waals surface area (Å²) >= 11 is 0. The lowest BCUT2D eigenvalue weighted by Gasteiger charge is -2.40. The van der Waals surface area contributed by atoms with Crippen molar-refractivity contribution >= 4 is 16.3 Å². The SMILES string of the molecule is C=C(C)[C@@H]1CCC(C)=C[C@@]1(O)C(=C)c1cccc2ccccc12. The maximum atomic E-state index is 11.5. The number of rotatable bonds is 3. The molecule has 0 fully saturated rings. The summed E-state index contributed by atoms with van der Waals surface area (Å²) in [7, 11) is 0. The third-order valence-corrected chi connectivity index (χ3v) is 5.02. The van der Waals surface area contributed by atoms with Gasteiger partial charge in [-0.3, -0.25) is 0 Å². The second-order valence-electron chi connectivity index (χ2n) is 6.76. The van der Waals surface area contributed by atoms with Gasteiger partial charge in [0.2, 0.25) is 0 Å². The topological polar surface area (TPSA) is 20.2 Å². The molecule has 118 valence electrons. The van der Waals surface area contributed by atoms with E-state index < -0.39 is 5.60 Å². The second-order valence-corrected chi connectivity index (χ2v) is 6.76. The molecule has 0 unspecified atom stereocenters. The maximum absolute atomic E-state index is 11.5. The molecular weight excluding hydrogens is 280 g/mol. The molecule has 1 nitrogen and oxygen atoms in total. The lowest BCUT2D eigenvalue weighted by Crippen LogP contribution is -2.40. The van der Waals surface area contributed by atoms with Crippen LogP contribution in [0, 0.1) is 5.92 Å². The first kappa shape index (κ1) is 15.8. The summed E-state index contributed by atoms with van der Waals surface area (Å²) in [4.78, 5) is 0. The van der Waals surface area contributed by atoms with E-state index in [4.69, 9.17) is 0 Å². The van der Waals surface area contributed by atoms with Gasteiger partial charge in [-0.25, -0.2) is 0 Å². The minimum atomic E-state index is -1.06. The first-order chi connectivity index (χ1) is 10.9. The standard InChI is InChI=1S/C22H24O/c1-15(2)21-13-12-16(3)14-22(21,23)17(4)19-11-7-9-18-8-5-6-10-20(18)19/h5-11,14,21,23H,1,4,12-13H2,2-3H3/t21-,22+/m0/s1. The van der Waals surface area contributed by atoms with Crippen molar-refractivity contribution < 1.29 is 5.11 Å². The van der Waals surface area contributed by atoms with Crippen molar-refractivity contribution in [1.29, 1.82) is 0 Å². The third-order valence-electron chi connectivity index (χ3n) is 5.02. The number of fused-ring (bicyclic) bond motifs is 1. The summed E-state index contributed by atoms with van der Waals surface area (Å²) in [5.74, 6) is 0.0117. The molecular formula is C22H24O. The summed E-state index contributed by atoms with van der Waals surface area (Å²) < 4.78 is 0. The van der Waals surface area contributed by atoms with E-state index in [1.54, 1.807) is 0 Å². The van der Waals surface area contributed by atoms with Crippen LogP contribution >= 0.6 is 0 Å². The lowest BCUT2D eigenvalue weighted by atomic mass is 9.69. The Hall–Kier alpha value is -2.12. The molecule has 0 amide bonds. The van der Waals surface area contributed by atoms with Crippen molar-refractivity contribution in [3.8, 4) is 0 Å². The van der Waals surface area contributed by atoms with Gasteiger partial charge in [0.15, 0.2) is 0 Å². The second kappa shape index (κ2) is 5.82. The van der Waals surface area contributed by atoms with E-state index >= 15 is 0 Å². The predicted octanol–water partition coefficient (Wildman–Crippen LogP) is 5.52. The zero-order chi connectivity index (χ0) is 16.6. The molecule has 3 rings (SSSR count). The smallest absolute Gasteiger partial charge is 0.114 e. The molecule has 1 aliphatic rings. The fraction of sp³-hybridized carbons (Fsp3) is 0.273. The fourth-order valence-corrected chi connectivity index (χ4v) is 3.76. The quantitative estimate of drug-likeness (QED) is 0.741. The Morgan fingerprint density at radius 3 is 2.57 bits per heavy atom. The Labute approximate surface area is 138 Å². The number of aliphatic hydroxyl groups is 1. The summed E-state index contributed by atoms with van der Waals surface area (Å²) in [5.41, 5.74) is 2.95. The number of hydrogen-bond donors (Lipinski definition) is 1. The molecule has 2 aromatic rings. The highest BCUT2D eigenvalue weighted by atomic mass is 16.3. The van der Waals surface area contributed by atoms with Crippen molar-refractivity contribution in [2.24, 2.45) is 5.92 Å². The van der Waals surface area contributed by atoms with Crippen LogP contribution in [0.15, 0.2) is 72.8 Å². The summed E-state index contributed by atoms with van der Waals surface area (Å²) in [6.45, 7) is 12.5. The Balaban J connectivity index is 2.16. The molecule has 0 spiro atoms. The summed E-state index contributed by atoms with van der Waals surface area (Å²) in [6, 6.07) is 14.4. The number of hydrogen-bond acceptors (Lipinski definition) is 1. The molecule has 1 aliphatic carbocycles. The minimum absolute atomic E-state index is 0.0117. The summed E-state index contributed by atoms with van der Waals surface area (Å²) in [6.07, 6.45) is 3.90. The van der Waals surface area contributed by atoms with E-state index in [0.717, 1.165) is 40.3 Å². The van der Waals surface area contributed by atoms with Crippen molar-refractivity contribution in [3.63, 3.8) is 0 Å². The normalized spacial score (nSPS) is 24.3. The Kier molecular flexibility index (Phi) is 3.99. The number of benzene rings is 2. The first-order valence-electron chi connectivity index (χ1n) is 8.17. The zero-order valence-electron chi connectivity index (χ0n) is 14.0. The van der Waals surface area contributed by atoms with E-state index in [1.165, 1.54) is 5.57 Å². The molecule has 0 heterocycles. The average molecular weight is 304 g/mol. The van der Waals surface area contributed by atoms with Gasteiger partial charge in [-0.2, -0.15) is 0 Å². The van der Waals surface area contributed by atoms with Crippen molar-refractivity contribution in [1.82, 2.24) is 0 Å². The van der Waals surface area contributed by atoms with E-state index in [2.05, 4.69) is 44.3 Å². The minimum Gasteiger partial charge on any atom is -0.380 e. The summed E-state index contributed by atoms with van der Waals surface area (Å²) in [5, 5.41) is 13.8. The molecule has 1 N–H and O–H groups in total. The molecule has 0 aromatic heterocycles. The van der Waals surface area contributed by atoms with Gasteiger partial charge >= 0.3 is 0 Å². The van der Waals surface area contributed by atoms with Crippen molar-refractivity contribution in [2.45, 2.75) is 32.3 Å².